The fourth-order valence-electron chi connectivity index (χ4n) is 1.80. The molecule has 1 atom stereocenters. The van der Waals surface area contributed by atoms with Crippen LogP contribution < -0.4 is 4.90 Å². The molecule has 0 aliphatic carbocycles. The normalized spacial score (nSPS) is 23.1. The number of piperidine rings is 1. The lowest BCUT2D eigenvalue weighted by molar-refractivity contribution is 0.458. The molecule has 2 rings (SSSR count). The molecule has 15 heavy (non-hydrogen) atoms. The van der Waals surface area contributed by atoms with Gasteiger partial charge in [0.2, 0.25) is 9.74 Å². The van der Waals surface area contributed by atoms with Crippen LogP contribution in [0.5, 0.6) is 0 Å². The summed E-state index contributed by atoms with van der Waals surface area (Å²) >= 11 is 19.2. The van der Waals surface area contributed by atoms with E-state index in [1.165, 1.54) is 11.5 Å². The lowest BCUT2D eigenvalue weighted by Crippen LogP contribution is -2.47. The van der Waals surface area contributed by atoms with E-state index in [1.54, 1.807) is 5.51 Å². The fraction of sp³-hybridized carbons (Fsp3) is 0.750. The summed E-state index contributed by atoms with van der Waals surface area (Å²) < 4.78 is 2.91. The molecule has 84 valence electrons. The van der Waals surface area contributed by atoms with Crippen molar-refractivity contribution in [3.63, 3.8) is 0 Å². The zero-order chi connectivity index (χ0) is 10.9. The maximum absolute atomic E-state index is 5.96. The van der Waals surface area contributed by atoms with Gasteiger partial charge in [-0.1, -0.05) is 34.8 Å². The van der Waals surface area contributed by atoms with Gasteiger partial charge >= 0.3 is 0 Å². The van der Waals surface area contributed by atoms with Gasteiger partial charge in [-0.3, -0.25) is 0 Å². The first-order valence-corrected chi connectivity index (χ1v) is 6.66. The van der Waals surface area contributed by atoms with Gasteiger partial charge < -0.3 is 4.90 Å². The Morgan fingerprint density at radius 1 is 1.40 bits per heavy atom. The van der Waals surface area contributed by atoms with Crippen LogP contribution in [-0.4, -0.2) is 25.7 Å². The monoisotopic (exact) mass is 285 g/mol. The number of nitrogens with zero attached hydrogens (tertiary/aromatic N) is 3. The molecule has 1 aliphatic heterocycles. The molecule has 3 nitrogen and oxygen atoms in total. The molecule has 1 aliphatic rings. The molecule has 0 saturated carbocycles. The van der Waals surface area contributed by atoms with Crippen molar-refractivity contribution in [1.82, 2.24) is 9.36 Å². The van der Waals surface area contributed by atoms with Gasteiger partial charge in [-0.05, 0) is 30.8 Å². The highest BCUT2D eigenvalue weighted by molar-refractivity contribution is 7.03. The van der Waals surface area contributed by atoms with Crippen molar-refractivity contribution in [1.29, 1.82) is 0 Å². The van der Waals surface area contributed by atoms with Crippen LogP contribution in [0.15, 0.2) is 5.51 Å². The van der Waals surface area contributed by atoms with Gasteiger partial charge in [0.1, 0.15) is 5.51 Å². The Hall–Kier alpha value is 0.230. The van der Waals surface area contributed by atoms with Gasteiger partial charge in [0.05, 0.1) is 6.04 Å². The minimum Gasteiger partial charge on any atom is -0.333 e. The smallest absolute Gasteiger partial charge is 0.237 e. The minimum atomic E-state index is -1.27. The Bertz CT molecular complexity index is 311. The van der Waals surface area contributed by atoms with E-state index in [1.807, 2.05) is 4.90 Å². The maximum atomic E-state index is 5.96. The summed E-state index contributed by atoms with van der Waals surface area (Å²) in [6.07, 6.45) is 3.05. The molecule has 0 radical (unpaired) electrons. The molecule has 1 unspecified atom stereocenters. The van der Waals surface area contributed by atoms with Crippen LogP contribution in [-0.2, 0) is 0 Å². The van der Waals surface area contributed by atoms with E-state index in [2.05, 4.69) is 9.36 Å². The average Bonchev–Trinajstić information content (AvgIpc) is 2.69. The van der Waals surface area contributed by atoms with Crippen molar-refractivity contribution >= 4 is 52.3 Å². The molecule has 0 amide bonds. The van der Waals surface area contributed by atoms with Crippen LogP contribution in [0.3, 0.4) is 0 Å². The number of halogens is 3. The second-order valence-corrected chi connectivity index (χ2v) is 6.45. The van der Waals surface area contributed by atoms with Crippen LogP contribution in [0.2, 0.25) is 0 Å². The summed E-state index contributed by atoms with van der Waals surface area (Å²) in [5.74, 6) is 0.677. The largest absolute Gasteiger partial charge is 0.333 e. The van der Waals surface area contributed by atoms with E-state index in [0.717, 1.165) is 25.8 Å². The van der Waals surface area contributed by atoms with Crippen molar-refractivity contribution in [2.24, 2.45) is 0 Å². The number of rotatable bonds is 1. The average molecular weight is 287 g/mol. The topological polar surface area (TPSA) is 29.0 Å². The number of aromatic nitrogens is 2. The van der Waals surface area contributed by atoms with Crippen molar-refractivity contribution in [3.8, 4) is 0 Å². The van der Waals surface area contributed by atoms with Crippen LogP contribution in [0.1, 0.15) is 19.3 Å². The van der Waals surface area contributed by atoms with Gasteiger partial charge in [-0.15, -0.1) is 0 Å². The van der Waals surface area contributed by atoms with Crippen LogP contribution in [0.4, 0.5) is 5.95 Å². The highest BCUT2D eigenvalue weighted by atomic mass is 35.6. The predicted molar refractivity (Wildman–Crippen MR) is 65.2 cm³/mol. The van der Waals surface area contributed by atoms with E-state index in [4.69, 9.17) is 34.8 Å². The molecule has 1 aromatic rings. The van der Waals surface area contributed by atoms with E-state index >= 15 is 0 Å². The van der Waals surface area contributed by atoms with Crippen molar-refractivity contribution in [2.45, 2.75) is 29.1 Å². The standard InChI is InChI=1S/C8H10Cl3N3S/c9-8(10,11)6-3-1-2-4-14(6)7-12-5-15-13-7/h5-6H,1-4H2. The highest BCUT2D eigenvalue weighted by Gasteiger charge is 2.39. The Labute approximate surface area is 108 Å². The third-order valence-electron chi connectivity index (χ3n) is 2.49. The zero-order valence-electron chi connectivity index (χ0n) is 7.87. The number of hydrogen-bond acceptors (Lipinski definition) is 4. The minimum absolute atomic E-state index is 0.120. The van der Waals surface area contributed by atoms with Gasteiger partial charge in [-0.2, -0.15) is 4.37 Å². The summed E-state index contributed by atoms with van der Waals surface area (Å²) in [6.45, 7) is 0.856. The number of hydrogen-bond donors (Lipinski definition) is 0. The van der Waals surface area contributed by atoms with E-state index in [0.29, 0.717) is 5.95 Å². The molecular weight excluding hydrogens is 277 g/mol. The molecule has 0 aromatic carbocycles. The van der Waals surface area contributed by atoms with Gasteiger partial charge in [0.25, 0.3) is 0 Å². The van der Waals surface area contributed by atoms with Gasteiger partial charge in [-0.25, -0.2) is 4.98 Å². The molecule has 2 heterocycles. The molecule has 0 spiro atoms. The first-order valence-electron chi connectivity index (χ1n) is 4.69. The van der Waals surface area contributed by atoms with Crippen LogP contribution in [0.25, 0.3) is 0 Å². The lowest BCUT2D eigenvalue weighted by atomic mass is 10.0. The van der Waals surface area contributed by atoms with E-state index < -0.39 is 3.79 Å². The molecular formula is C8H10Cl3N3S. The first-order chi connectivity index (χ1) is 7.09. The molecule has 1 saturated heterocycles. The van der Waals surface area contributed by atoms with Crippen molar-refractivity contribution in [3.05, 3.63) is 5.51 Å². The van der Waals surface area contributed by atoms with E-state index in [9.17, 15) is 0 Å². The number of anilines is 1. The second-order valence-electron chi connectivity index (χ2n) is 3.48. The number of alkyl halides is 3. The maximum Gasteiger partial charge on any atom is 0.237 e. The third-order valence-corrected chi connectivity index (χ3v) is 3.71. The zero-order valence-corrected chi connectivity index (χ0v) is 11.0. The summed E-state index contributed by atoms with van der Waals surface area (Å²) in [5.41, 5.74) is 1.69. The Kier molecular flexibility index (Phi) is 3.60. The summed E-state index contributed by atoms with van der Waals surface area (Å²) in [4.78, 5) is 6.15. The molecule has 0 N–H and O–H groups in total. The molecule has 1 fully saturated rings. The SMILES string of the molecule is ClC(Cl)(Cl)C1CCCCN1c1ncsn1. The molecule has 0 bridgehead atoms. The van der Waals surface area contributed by atoms with E-state index in [-0.39, 0.29) is 6.04 Å². The van der Waals surface area contributed by atoms with Crippen molar-refractivity contribution < 1.29 is 0 Å². The first kappa shape index (κ1) is 11.7. The highest BCUT2D eigenvalue weighted by Crippen LogP contribution is 2.39. The lowest BCUT2D eigenvalue weighted by Gasteiger charge is -2.38. The quantitative estimate of drug-likeness (QED) is 0.742. The predicted octanol–water partition coefficient (Wildman–Crippen LogP) is 3.27. The van der Waals surface area contributed by atoms with Gasteiger partial charge in [0, 0.05) is 6.54 Å². The fourth-order valence-corrected chi connectivity index (χ4v) is 2.92. The summed E-state index contributed by atoms with van der Waals surface area (Å²) in [5, 5.41) is 0. The third kappa shape index (κ3) is 2.67. The summed E-state index contributed by atoms with van der Waals surface area (Å²) in [7, 11) is 0. The molecule has 7 heteroatoms. The van der Waals surface area contributed by atoms with Crippen LogP contribution in [0, 0.1) is 0 Å². The Morgan fingerprint density at radius 2 is 2.20 bits per heavy atom. The summed E-state index contributed by atoms with van der Waals surface area (Å²) in [6, 6.07) is -0.120. The van der Waals surface area contributed by atoms with Crippen molar-refractivity contribution in [2.75, 3.05) is 11.4 Å². The van der Waals surface area contributed by atoms with Crippen LogP contribution >= 0.6 is 46.3 Å². The molecule has 1 aromatic heterocycles. The Morgan fingerprint density at radius 3 is 2.80 bits per heavy atom. The Balaban J connectivity index is 2.20. The van der Waals surface area contributed by atoms with Gasteiger partial charge in [0.15, 0.2) is 0 Å². The second kappa shape index (κ2) is 4.62.